The fourth-order valence-corrected chi connectivity index (χ4v) is 3.39. The zero-order valence-corrected chi connectivity index (χ0v) is 14.3. The number of benzene rings is 2. The minimum Gasteiger partial charge on any atom is -0.349 e. The highest BCUT2D eigenvalue weighted by Gasteiger charge is 2.24. The topological polar surface area (TPSA) is 75.3 Å². The minimum atomic E-state index is -3.67. The Hall–Kier alpha value is -2.34. The number of amides is 1. The molecule has 1 aliphatic carbocycles. The lowest BCUT2D eigenvalue weighted by Crippen LogP contribution is -2.25. The molecule has 0 atom stereocenters. The van der Waals surface area contributed by atoms with Gasteiger partial charge in [-0.05, 0) is 55.2 Å². The molecule has 0 heterocycles. The summed E-state index contributed by atoms with van der Waals surface area (Å²) in [6.45, 7) is 2.01. The summed E-state index contributed by atoms with van der Waals surface area (Å²) >= 11 is 0. The fourth-order valence-electron chi connectivity index (χ4n) is 2.34. The van der Waals surface area contributed by atoms with E-state index in [9.17, 15) is 13.2 Å². The first kappa shape index (κ1) is 16.5. The second kappa shape index (κ2) is 6.65. The van der Waals surface area contributed by atoms with Gasteiger partial charge in [-0.25, -0.2) is 8.42 Å². The average Bonchev–Trinajstić information content (AvgIpc) is 3.38. The van der Waals surface area contributed by atoms with Crippen molar-refractivity contribution in [1.82, 2.24) is 5.32 Å². The van der Waals surface area contributed by atoms with Gasteiger partial charge < -0.3 is 5.32 Å². The van der Waals surface area contributed by atoms with E-state index in [1.807, 2.05) is 6.92 Å². The van der Waals surface area contributed by atoms with E-state index >= 15 is 0 Å². The third-order valence-electron chi connectivity index (χ3n) is 3.93. The zero-order chi connectivity index (χ0) is 17.2. The van der Waals surface area contributed by atoms with Crippen molar-refractivity contribution in [3.05, 3.63) is 59.7 Å². The van der Waals surface area contributed by atoms with E-state index < -0.39 is 10.0 Å². The maximum Gasteiger partial charge on any atom is 0.261 e. The Balaban J connectivity index is 1.77. The summed E-state index contributed by atoms with van der Waals surface area (Å²) in [5, 5.41) is 2.89. The number of nitrogens with one attached hydrogen (secondary N) is 2. The number of anilines is 1. The van der Waals surface area contributed by atoms with Gasteiger partial charge in [0.1, 0.15) is 0 Å². The Morgan fingerprint density at radius 3 is 2.46 bits per heavy atom. The van der Waals surface area contributed by atoms with Gasteiger partial charge in [0.05, 0.1) is 4.90 Å². The molecule has 1 fully saturated rings. The number of aryl methyl sites for hydroxylation is 1. The smallest absolute Gasteiger partial charge is 0.261 e. The van der Waals surface area contributed by atoms with Crippen molar-refractivity contribution in [3.63, 3.8) is 0 Å². The van der Waals surface area contributed by atoms with Gasteiger partial charge in [-0.2, -0.15) is 0 Å². The summed E-state index contributed by atoms with van der Waals surface area (Å²) in [5.41, 5.74) is 1.90. The largest absolute Gasteiger partial charge is 0.349 e. The number of carbonyl (C=O) groups is 1. The predicted molar refractivity (Wildman–Crippen MR) is 93.6 cm³/mol. The first-order valence-corrected chi connectivity index (χ1v) is 9.49. The van der Waals surface area contributed by atoms with E-state index in [-0.39, 0.29) is 16.8 Å². The Morgan fingerprint density at radius 2 is 1.83 bits per heavy atom. The average molecular weight is 344 g/mol. The molecule has 5 nitrogen and oxygen atoms in total. The van der Waals surface area contributed by atoms with Gasteiger partial charge >= 0.3 is 0 Å². The molecular weight excluding hydrogens is 324 g/mol. The molecule has 1 aliphatic rings. The van der Waals surface area contributed by atoms with Crippen LogP contribution in [-0.4, -0.2) is 20.4 Å². The monoisotopic (exact) mass is 344 g/mol. The number of hydrogen-bond acceptors (Lipinski definition) is 3. The lowest BCUT2D eigenvalue weighted by Gasteiger charge is -2.10. The van der Waals surface area contributed by atoms with Crippen molar-refractivity contribution in [3.8, 4) is 0 Å². The standard InChI is InChI=1S/C18H20N2O3S/c1-2-13-6-10-17(11-7-13)24(22,23)20-16-5-3-4-14(12-16)18(21)19-15-8-9-15/h3-7,10-12,15,20H,2,8-9H2,1H3,(H,19,21). The predicted octanol–water partition coefficient (Wildman–Crippen LogP) is 2.94. The number of carbonyl (C=O) groups excluding carboxylic acids is 1. The maximum atomic E-state index is 12.5. The zero-order valence-electron chi connectivity index (χ0n) is 13.5. The molecule has 2 aromatic rings. The third-order valence-corrected chi connectivity index (χ3v) is 5.33. The molecule has 0 bridgehead atoms. The van der Waals surface area contributed by atoms with Crippen LogP contribution >= 0.6 is 0 Å². The molecule has 2 N–H and O–H groups in total. The molecule has 0 radical (unpaired) electrons. The highest BCUT2D eigenvalue weighted by Crippen LogP contribution is 2.21. The molecule has 0 aliphatic heterocycles. The highest BCUT2D eigenvalue weighted by atomic mass is 32.2. The van der Waals surface area contributed by atoms with E-state index in [0.717, 1.165) is 24.8 Å². The van der Waals surface area contributed by atoms with Crippen LogP contribution in [0.2, 0.25) is 0 Å². The molecule has 3 rings (SSSR count). The minimum absolute atomic E-state index is 0.175. The molecule has 2 aromatic carbocycles. The van der Waals surface area contributed by atoms with Gasteiger partial charge in [0.2, 0.25) is 0 Å². The van der Waals surface area contributed by atoms with Gasteiger partial charge in [-0.1, -0.05) is 25.1 Å². The van der Waals surface area contributed by atoms with Crippen LogP contribution in [0.5, 0.6) is 0 Å². The summed E-state index contributed by atoms with van der Waals surface area (Å²) in [5.74, 6) is -0.175. The molecule has 126 valence electrons. The summed E-state index contributed by atoms with van der Waals surface area (Å²) in [6.07, 6.45) is 2.86. The quantitative estimate of drug-likeness (QED) is 0.846. The van der Waals surface area contributed by atoms with Gasteiger partial charge in [0.15, 0.2) is 0 Å². The van der Waals surface area contributed by atoms with Crippen LogP contribution in [0.25, 0.3) is 0 Å². The Bertz CT molecular complexity index is 841. The van der Waals surface area contributed by atoms with Crippen molar-refractivity contribution in [2.45, 2.75) is 37.1 Å². The lowest BCUT2D eigenvalue weighted by atomic mass is 10.2. The van der Waals surface area contributed by atoms with Crippen LogP contribution < -0.4 is 10.0 Å². The lowest BCUT2D eigenvalue weighted by molar-refractivity contribution is 0.0951. The van der Waals surface area contributed by atoms with Crippen LogP contribution in [0.3, 0.4) is 0 Å². The Kier molecular flexibility index (Phi) is 4.57. The Labute approximate surface area is 142 Å². The van der Waals surface area contributed by atoms with Crippen molar-refractivity contribution in [2.75, 3.05) is 4.72 Å². The molecule has 1 saturated carbocycles. The van der Waals surface area contributed by atoms with E-state index in [4.69, 9.17) is 0 Å². The Morgan fingerprint density at radius 1 is 1.12 bits per heavy atom. The number of rotatable bonds is 6. The summed E-state index contributed by atoms with van der Waals surface area (Å²) in [4.78, 5) is 12.3. The molecule has 0 aromatic heterocycles. The second-order valence-corrected chi connectivity index (χ2v) is 7.61. The van der Waals surface area contributed by atoms with Gasteiger partial charge in [-0.3, -0.25) is 9.52 Å². The van der Waals surface area contributed by atoms with Crippen LogP contribution in [0.15, 0.2) is 53.4 Å². The normalized spacial score (nSPS) is 14.2. The SMILES string of the molecule is CCc1ccc(S(=O)(=O)Nc2cccc(C(=O)NC3CC3)c2)cc1. The van der Waals surface area contributed by atoms with Crippen LogP contribution in [0, 0.1) is 0 Å². The molecule has 0 unspecified atom stereocenters. The van der Waals surface area contributed by atoms with Crippen LogP contribution in [0.1, 0.15) is 35.7 Å². The van der Waals surface area contributed by atoms with Crippen LogP contribution in [-0.2, 0) is 16.4 Å². The van der Waals surface area contributed by atoms with Gasteiger partial charge in [0, 0.05) is 17.3 Å². The molecule has 24 heavy (non-hydrogen) atoms. The van der Waals surface area contributed by atoms with E-state index in [2.05, 4.69) is 10.0 Å². The van der Waals surface area contributed by atoms with Crippen molar-refractivity contribution in [2.24, 2.45) is 0 Å². The van der Waals surface area contributed by atoms with Crippen molar-refractivity contribution in [1.29, 1.82) is 0 Å². The van der Waals surface area contributed by atoms with E-state index in [1.165, 1.54) is 0 Å². The molecule has 0 spiro atoms. The molecule has 0 saturated heterocycles. The molecule has 6 heteroatoms. The fraction of sp³-hybridized carbons (Fsp3) is 0.278. The first-order chi connectivity index (χ1) is 11.5. The third kappa shape index (κ3) is 3.94. The van der Waals surface area contributed by atoms with Crippen molar-refractivity contribution < 1.29 is 13.2 Å². The first-order valence-electron chi connectivity index (χ1n) is 8.00. The maximum absolute atomic E-state index is 12.5. The second-order valence-electron chi connectivity index (χ2n) is 5.93. The summed E-state index contributed by atoms with van der Waals surface area (Å²) in [6, 6.07) is 13.6. The van der Waals surface area contributed by atoms with Gasteiger partial charge in [0.25, 0.3) is 15.9 Å². The van der Waals surface area contributed by atoms with Gasteiger partial charge in [-0.15, -0.1) is 0 Å². The molecule has 1 amide bonds. The summed E-state index contributed by atoms with van der Waals surface area (Å²) in [7, 11) is -3.67. The van der Waals surface area contributed by atoms with E-state index in [1.54, 1.807) is 48.5 Å². The highest BCUT2D eigenvalue weighted by molar-refractivity contribution is 7.92. The molecular formula is C18H20N2O3S. The number of hydrogen-bond donors (Lipinski definition) is 2. The summed E-state index contributed by atoms with van der Waals surface area (Å²) < 4.78 is 27.4. The van der Waals surface area contributed by atoms with Crippen molar-refractivity contribution >= 4 is 21.6 Å². The van der Waals surface area contributed by atoms with Crippen LogP contribution in [0.4, 0.5) is 5.69 Å². The number of sulfonamides is 1. The van der Waals surface area contributed by atoms with E-state index in [0.29, 0.717) is 11.3 Å².